The summed E-state index contributed by atoms with van der Waals surface area (Å²) in [6, 6.07) is 3.32. The second-order valence-electron chi connectivity index (χ2n) is 6.07. The zero-order chi connectivity index (χ0) is 16.4. The molecule has 2 atom stereocenters. The van der Waals surface area contributed by atoms with Crippen molar-refractivity contribution in [2.75, 3.05) is 31.1 Å². The monoisotopic (exact) mass is 338 g/mol. The molecule has 0 radical (unpaired) electrons. The van der Waals surface area contributed by atoms with Crippen molar-refractivity contribution in [2.45, 2.75) is 25.6 Å². The van der Waals surface area contributed by atoms with Crippen LogP contribution >= 0.6 is 0 Å². The lowest BCUT2D eigenvalue weighted by Crippen LogP contribution is -2.61. The summed E-state index contributed by atoms with van der Waals surface area (Å²) in [5.74, 6) is 0.181. The molecule has 0 bridgehead atoms. The predicted octanol–water partition coefficient (Wildman–Crippen LogP) is 0.0943. The number of sulfone groups is 1. The summed E-state index contributed by atoms with van der Waals surface area (Å²) in [5, 5.41) is 2.79. The Morgan fingerprint density at radius 2 is 1.96 bits per heavy atom. The fraction of sp³-hybridized carbons (Fsp3) is 0.600. The van der Waals surface area contributed by atoms with E-state index in [-0.39, 0.29) is 29.6 Å². The van der Waals surface area contributed by atoms with E-state index in [9.17, 15) is 13.2 Å². The molecule has 3 heterocycles. The van der Waals surface area contributed by atoms with E-state index in [4.69, 9.17) is 0 Å². The van der Waals surface area contributed by atoms with Crippen molar-refractivity contribution in [1.29, 1.82) is 0 Å². The molecule has 1 aromatic rings. The van der Waals surface area contributed by atoms with Gasteiger partial charge in [-0.1, -0.05) is 0 Å². The molecule has 0 spiro atoms. The van der Waals surface area contributed by atoms with Crippen molar-refractivity contribution in [1.82, 2.24) is 20.1 Å². The lowest BCUT2D eigenvalue weighted by Gasteiger charge is -2.43. The van der Waals surface area contributed by atoms with Gasteiger partial charge in [0.25, 0.3) is 0 Å². The van der Waals surface area contributed by atoms with Gasteiger partial charge < -0.3 is 10.2 Å². The smallest absolute Gasteiger partial charge is 0.317 e. The van der Waals surface area contributed by atoms with Crippen molar-refractivity contribution in [3.8, 4) is 0 Å². The third-order valence-electron chi connectivity index (χ3n) is 4.51. The van der Waals surface area contributed by atoms with Gasteiger partial charge in [0.1, 0.15) is 0 Å². The summed E-state index contributed by atoms with van der Waals surface area (Å²) in [5.41, 5.74) is 1.11. The number of nitrogens with zero attached hydrogens (tertiary/aromatic N) is 3. The van der Waals surface area contributed by atoms with E-state index in [1.54, 1.807) is 17.3 Å². The van der Waals surface area contributed by atoms with Crippen LogP contribution in [0.15, 0.2) is 24.5 Å². The van der Waals surface area contributed by atoms with Crippen molar-refractivity contribution >= 4 is 15.9 Å². The fourth-order valence-corrected chi connectivity index (χ4v) is 5.46. The van der Waals surface area contributed by atoms with Crippen LogP contribution in [0, 0.1) is 0 Å². The Morgan fingerprint density at radius 3 is 2.65 bits per heavy atom. The van der Waals surface area contributed by atoms with Gasteiger partial charge in [-0.3, -0.25) is 9.88 Å². The van der Waals surface area contributed by atoms with Gasteiger partial charge in [-0.05, 0) is 24.6 Å². The number of nitrogens with one attached hydrogen (secondary N) is 1. The molecule has 3 rings (SSSR count). The van der Waals surface area contributed by atoms with E-state index in [2.05, 4.69) is 15.2 Å². The first kappa shape index (κ1) is 16.2. The average molecular weight is 338 g/mol. The van der Waals surface area contributed by atoms with Crippen LogP contribution in [0.3, 0.4) is 0 Å². The van der Waals surface area contributed by atoms with E-state index in [0.717, 1.165) is 5.56 Å². The quantitative estimate of drug-likeness (QED) is 0.845. The summed E-state index contributed by atoms with van der Waals surface area (Å²) in [6.07, 6.45) is 3.48. The van der Waals surface area contributed by atoms with Gasteiger partial charge in [0.05, 0.1) is 17.5 Å². The molecular weight excluding hydrogens is 316 g/mol. The first-order valence-corrected chi connectivity index (χ1v) is 9.70. The summed E-state index contributed by atoms with van der Waals surface area (Å²) in [4.78, 5) is 20.1. The molecule has 2 amide bonds. The number of fused-ring (bicyclic) bond motifs is 1. The largest absolute Gasteiger partial charge is 0.338 e. The molecule has 2 saturated heterocycles. The zero-order valence-corrected chi connectivity index (χ0v) is 14.0. The van der Waals surface area contributed by atoms with Gasteiger partial charge in [0.15, 0.2) is 9.84 Å². The Labute approximate surface area is 136 Å². The normalized spacial score (nSPS) is 26.7. The summed E-state index contributed by atoms with van der Waals surface area (Å²) < 4.78 is 24.3. The SMILES string of the molecule is CCNC(=O)N1CCN(Cc2ccncc2)[C@@H]2CS(=O)(=O)C[C@@H]21. The molecule has 126 valence electrons. The van der Waals surface area contributed by atoms with Crippen LogP contribution in [-0.2, 0) is 16.4 Å². The van der Waals surface area contributed by atoms with Crippen LogP contribution in [0.4, 0.5) is 4.79 Å². The summed E-state index contributed by atoms with van der Waals surface area (Å²) in [6.45, 7) is 4.31. The third kappa shape index (κ3) is 3.48. The topological polar surface area (TPSA) is 82.6 Å². The average Bonchev–Trinajstić information content (AvgIpc) is 2.84. The first-order chi connectivity index (χ1) is 11.0. The minimum absolute atomic E-state index is 0.0572. The highest BCUT2D eigenvalue weighted by Crippen LogP contribution is 2.28. The molecule has 2 aliphatic heterocycles. The molecule has 23 heavy (non-hydrogen) atoms. The van der Waals surface area contributed by atoms with Crippen LogP contribution in [0.2, 0.25) is 0 Å². The number of carbonyl (C=O) groups is 1. The van der Waals surface area contributed by atoms with Gasteiger partial charge in [0.2, 0.25) is 0 Å². The van der Waals surface area contributed by atoms with Crippen LogP contribution in [0.1, 0.15) is 12.5 Å². The van der Waals surface area contributed by atoms with Crippen LogP contribution < -0.4 is 5.32 Å². The predicted molar refractivity (Wildman–Crippen MR) is 86.7 cm³/mol. The number of rotatable bonds is 3. The number of aromatic nitrogens is 1. The molecule has 7 nitrogen and oxygen atoms in total. The standard InChI is InChI=1S/C15H22N4O3S/c1-2-17-15(20)19-8-7-18(9-12-3-5-16-6-4-12)13-10-23(21,22)11-14(13)19/h3-6,13-14H,2,7-11H2,1H3,(H,17,20)/t13-,14+/m1/s1. The van der Waals surface area contributed by atoms with Crippen molar-refractivity contribution in [3.63, 3.8) is 0 Å². The molecule has 0 aliphatic carbocycles. The molecule has 0 unspecified atom stereocenters. The van der Waals surface area contributed by atoms with Gasteiger partial charge in [0, 0.05) is 44.6 Å². The van der Waals surface area contributed by atoms with Crippen molar-refractivity contribution in [2.24, 2.45) is 0 Å². The maximum absolute atomic E-state index is 12.2. The Balaban J connectivity index is 1.79. The number of amides is 2. The minimum Gasteiger partial charge on any atom is -0.338 e. The van der Waals surface area contributed by atoms with E-state index in [0.29, 0.717) is 26.2 Å². The Bertz CT molecular complexity index is 665. The third-order valence-corrected chi connectivity index (χ3v) is 6.21. The van der Waals surface area contributed by atoms with Crippen LogP contribution in [-0.4, -0.2) is 72.5 Å². The second kappa shape index (κ2) is 6.45. The number of piperazine rings is 1. The van der Waals surface area contributed by atoms with Crippen molar-refractivity contribution < 1.29 is 13.2 Å². The Kier molecular flexibility index (Phi) is 4.54. The molecule has 2 fully saturated rings. The van der Waals surface area contributed by atoms with E-state index in [1.165, 1.54) is 0 Å². The highest BCUT2D eigenvalue weighted by Gasteiger charge is 2.47. The van der Waals surface area contributed by atoms with Gasteiger partial charge >= 0.3 is 6.03 Å². The van der Waals surface area contributed by atoms with E-state index >= 15 is 0 Å². The number of urea groups is 1. The van der Waals surface area contributed by atoms with Gasteiger partial charge in [-0.25, -0.2) is 13.2 Å². The lowest BCUT2D eigenvalue weighted by atomic mass is 10.0. The van der Waals surface area contributed by atoms with Crippen LogP contribution in [0.25, 0.3) is 0 Å². The van der Waals surface area contributed by atoms with Crippen molar-refractivity contribution in [3.05, 3.63) is 30.1 Å². The number of carbonyl (C=O) groups excluding carboxylic acids is 1. The summed E-state index contributed by atoms with van der Waals surface area (Å²) in [7, 11) is -3.11. The first-order valence-electron chi connectivity index (χ1n) is 7.88. The van der Waals surface area contributed by atoms with Gasteiger partial charge in [-0.2, -0.15) is 0 Å². The second-order valence-corrected chi connectivity index (χ2v) is 8.22. The van der Waals surface area contributed by atoms with E-state index < -0.39 is 9.84 Å². The molecular formula is C15H22N4O3S. The molecule has 1 aromatic heterocycles. The number of hydrogen-bond donors (Lipinski definition) is 1. The van der Waals surface area contributed by atoms with Gasteiger partial charge in [-0.15, -0.1) is 0 Å². The molecule has 1 N–H and O–H groups in total. The molecule has 0 aromatic carbocycles. The number of pyridine rings is 1. The maximum atomic E-state index is 12.2. The zero-order valence-electron chi connectivity index (χ0n) is 13.2. The highest BCUT2D eigenvalue weighted by atomic mass is 32.2. The summed E-state index contributed by atoms with van der Waals surface area (Å²) >= 11 is 0. The molecule has 0 saturated carbocycles. The Morgan fingerprint density at radius 1 is 1.26 bits per heavy atom. The highest BCUT2D eigenvalue weighted by molar-refractivity contribution is 7.91. The van der Waals surface area contributed by atoms with E-state index in [1.807, 2.05) is 19.1 Å². The minimum atomic E-state index is -3.11. The maximum Gasteiger partial charge on any atom is 0.317 e. The number of hydrogen-bond acceptors (Lipinski definition) is 5. The molecule has 8 heteroatoms. The Hall–Kier alpha value is -1.67. The van der Waals surface area contributed by atoms with Crippen LogP contribution in [0.5, 0.6) is 0 Å². The lowest BCUT2D eigenvalue weighted by molar-refractivity contribution is 0.0608. The molecule has 2 aliphatic rings. The fourth-order valence-electron chi connectivity index (χ4n) is 3.45.